The highest BCUT2D eigenvalue weighted by atomic mass is 15.3. The molecule has 1 aromatic carbocycles. The van der Waals surface area contributed by atoms with Crippen LogP contribution in [0, 0.1) is 0 Å². The van der Waals surface area contributed by atoms with Gasteiger partial charge in [0.25, 0.3) is 0 Å². The Kier molecular flexibility index (Phi) is 4.71. The molecule has 3 rings (SSSR count). The Labute approximate surface area is 136 Å². The summed E-state index contributed by atoms with van der Waals surface area (Å²) in [4.78, 5) is 9.91. The van der Waals surface area contributed by atoms with Crippen molar-refractivity contribution in [2.24, 2.45) is 0 Å². The molecule has 0 spiro atoms. The molecule has 0 aliphatic heterocycles. The number of hydrogen-bond donors (Lipinski definition) is 2. The van der Waals surface area contributed by atoms with Gasteiger partial charge in [-0.1, -0.05) is 18.2 Å². The first-order valence-corrected chi connectivity index (χ1v) is 8.05. The van der Waals surface area contributed by atoms with Crippen molar-refractivity contribution in [2.75, 3.05) is 29.9 Å². The van der Waals surface area contributed by atoms with E-state index in [1.807, 2.05) is 6.07 Å². The van der Waals surface area contributed by atoms with Crippen LogP contribution in [0.5, 0.6) is 0 Å². The predicted molar refractivity (Wildman–Crippen MR) is 93.9 cm³/mol. The van der Waals surface area contributed by atoms with Gasteiger partial charge in [0.05, 0.1) is 6.20 Å². The number of hydrogen-bond acceptors (Lipinski definition) is 5. The van der Waals surface area contributed by atoms with Gasteiger partial charge in [-0.05, 0) is 31.9 Å². The smallest absolute Gasteiger partial charge is 0.247 e. The van der Waals surface area contributed by atoms with Crippen LogP contribution < -0.4 is 10.2 Å². The molecule has 0 aliphatic carbocycles. The van der Waals surface area contributed by atoms with Gasteiger partial charge in [0.2, 0.25) is 5.95 Å². The first-order chi connectivity index (χ1) is 11.3. The highest BCUT2D eigenvalue weighted by Gasteiger charge is 2.07. The summed E-state index contributed by atoms with van der Waals surface area (Å²) in [7, 11) is 0. The highest BCUT2D eigenvalue weighted by molar-refractivity contribution is 5.83. The van der Waals surface area contributed by atoms with E-state index in [9.17, 15) is 0 Å². The number of aromatic amines is 1. The molecule has 2 aromatic heterocycles. The van der Waals surface area contributed by atoms with Crippen LogP contribution >= 0.6 is 0 Å². The van der Waals surface area contributed by atoms with Gasteiger partial charge in [-0.25, -0.2) is 0 Å². The van der Waals surface area contributed by atoms with Crippen molar-refractivity contribution in [3.8, 4) is 0 Å². The maximum atomic E-state index is 4.53. The van der Waals surface area contributed by atoms with E-state index in [-0.39, 0.29) is 0 Å². The molecule has 2 heterocycles. The van der Waals surface area contributed by atoms with E-state index in [4.69, 9.17) is 0 Å². The van der Waals surface area contributed by atoms with Crippen molar-refractivity contribution in [2.45, 2.75) is 20.3 Å². The molecule has 6 nitrogen and oxygen atoms in total. The molecule has 0 unspecified atom stereocenters. The van der Waals surface area contributed by atoms with Crippen molar-refractivity contribution in [1.29, 1.82) is 0 Å². The minimum Gasteiger partial charge on any atom is -0.368 e. The average Bonchev–Trinajstić information content (AvgIpc) is 3.00. The van der Waals surface area contributed by atoms with Crippen molar-refractivity contribution < 1.29 is 0 Å². The topological polar surface area (TPSA) is 69.7 Å². The van der Waals surface area contributed by atoms with Crippen LogP contribution in [-0.2, 0) is 6.42 Å². The standard InChI is InChI=1S/C17H22N6/c1-3-23(4-2)17-21-16(12-20-22-17)18-10-9-13-11-19-15-8-6-5-7-14(13)15/h5-8,11-12,19H,3-4,9-10H2,1-2H3,(H,18,21,22). The molecule has 0 amide bonds. The second-order valence-electron chi connectivity index (χ2n) is 5.35. The van der Waals surface area contributed by atoms with Crippen molar-refractivity contribution in [3.63, 3.8) is 0 Å². The van der Waals surface area contributed by atoms with Gasteiger partial charge in [-0.3, -0.25) is 0 Å². The van der Waals surface area contributed by atoms with Gasteiger partial charge >= 0.3 is 0 Å². The number of benzene rings is 1. The first-order valence-electron chi connectivity index (χ1n) is 8.05. The lowest BCUT2D eigenvalue weighted by atomic mass is 10.1. The number of rotatable bonds is 7. The Morgan fingerprint density at radius 3 is 2.83 bits per heavy atom. The zero-order chi connectivity index (χ0) is 16.1. The molecule has 0 radical (unpaired) electrons. The fourth-order valence-corrected chi connectivity index (χ4v) is 2.68. The summed E-state index contributed by atoms with van der Waals surface area (Å²) in [5, 5.41) is 12.8. The summed E-state index contributed by atoms with van der Waals surface area (Å²) < 4.78 is 0. The largest absolute Gasteiger partial charge is 0.368 e. The van der Waals surface area contributed by atoms with Gasteiger partial charge < -0.3 is 15.2 Å². The second-order valence-corrected chi connectivity index (χ2v) is 5.35. The van der Waals surface area contributed by atoms with Crippen molar-refractivity contribution in [3.05, 3.63) is 42.2 Å². The molecule has 0 aliphatic rings. The van der Waals surface area contributed by atoms with E-state index < -0.39 is 0 Å². The van der Waals surface area contributed by atoms with E-state index >= 15 is 0 Å². The summed E-state index contributed by atoms with van der Waals surface area (Å²) in [6.45, 7) is 6.72. The number of anilines is 2. The second kappa shape index (κ2) is 7.09. The molecule has 23 heavy (non-hydrogen) atoms. The molecular weight excluding hydrogens is 288 g/mol. The number of H-pyrrole nitrogens is 1. The quantitative estimate of drug-likeness (QED) is 0.702. The molecule has 0 bridgehead atoms. The van der Waals surface area contributed by atoms with E-state index in [2.05, 4.69) is 68.6 Å². The summed E-state index contributed by atoms with van der Waals surface area (Å²) >= 11 is 0. The van der Waals surface area contributed by atoms with Crippen LogP contribution in [0.1, 0.15) is 19.4 Å². The number of para-hydroxylation sites is 1. The SMILES string of the molecule is CCN(CC)c1nncc(NCCc2c[nH]c3ccccc23)n1. The summed E-state index contributed by atoms with van der Waals surface area (Å²) in [6.07, 6.45) is 4.67. The van der Waals surface area contributed by atoms with E-state index in [0.29, 0.717) is 5.95 Å². The van der Waals surface area contributed by atoms with Crippen LogP contribution in [-0.4, -0.2) is 39.8 Å². The van der Waals surface area contributed by atoms with Gasteiger partial charge in [0, 0.05) is 36.7 Å². The van der Waals surface area contributed by atoms with E-state index in [1.165, 1.54) is 16.5 Å². The lowest BCUT2D eigenvalue weighted by molar-refractivity contribution is 0.794. The fourth-order valence-electron chi connectivity index (χ4n) is 2.68. The van der Waals surface area contributed by atoms with Crippen LogP contribution in [0.3, 0.4) is 0 Å². The number of nitrogens with one attached hydrogen (secondary N) is 2. The van der Waals surface area contributed by atoms with Crippen molar-refractivity contribution in [1.82, 2.24) is 20.2 Å². The van der Waals surface area contributed by atoms with Crippen LogP contribution in [0.15, 0.2) is 36.7 Å². The van der Waals surface area contributed by atoms with Gasteiger partial charge in [-0.15, -0.1) is 5.10 Å². The minimum absolute atomic E-state index is 0.673. The molecule has 120 valence electrons. The third kappa shape index (κ3) is 3.41. The Morgan fingerprint density at radius 2 is 2.00 bits per heavy atom. The monoisotopic (exact) mass is 310 g/mol. The fraction of sp³-hybridized carbons (Fsp3) is 0.353. The Morgan fingerprint density at radius 1 is 1.17 bits per heavy atom. The lowest BCUT2D eigenvalue weighted by Crippen LogP contribution is -2.25. The number of fused-ring (bicyclic) bond motifs is 1. The van der Waals surface area contributed by atoms with Gasteiger partial charge in [0.1, 0.15) is 0 Å². The normalized spacial score (nSPS) is 10.9. The predicted octanol–water partition coefficient (Wildman–Crippen LogP) is 2.85. The number of nitrogens with zero attached hydrogens (tertiary/aromatic N) is 4. The Balaban J connectivity index is 1.63. The molecule has 0 atom stereocenters. The molecule has 0 saturated heterocycles. The molecule has 0 saturated carbocycles. The Bertz CT molecular complexity index is 762. The van der Waals surface area contributed by atoms with Crippen LogP contribution in [0.25, 0.3) is 10.9 Å². The maximum absolute atomic E-state index is 4.53. The Hall–Kier alpha value is -2.63. The third-order valence-corrected chi connectivity index (χ3v) is 3.97. The van der Waals surface area contributed by atoms with Gasteiger partial charge in [0.15, 0.2) is 5.82 Å². The maximum Gasteiger partial charge on any atom is 0.247 e. The van der Waals surface area contributed by atoms with Crippen LogP contribution in [0.4, 0.5) is 11.8 Å². The van der Waals surface area contributed by atoms with Gasteiger partial charge in [-0.2, -0.15) is 10.1 Å². The third-order valence-electron chi connectivity index (χ3n) is 3.97. The molecule has 2 N–H and O–H groups in total. The summed E-state index contributed by atoms with van der Waals surface area (Å²) in [6, 6.07) is 8.35. The average molecular weight is 310 g/mol. The number of aromatic nitrogens is 4. The lowest BCUT2D eigenvalue weighted by Gasteiger charge is -2.18. The zero-order valence-electron chi connectivity index (χ0n) is 13.6. The highest BCUT2D eigenvalue weighted by Crippen LogP contribution is 2.18. The first kappa shape index (κ1) is 15.3. The summed E-state index contributed by atoms with van der Waals surface area (Å²) in [5.74, 6) is 1.44. The molecule has 6 heteroatoms. The summed E-state index contributed by atoms with van der Waals surface area (Å²) in [5.41, 5.74) is 2.48. The molecule has 3 aromatic rings. The van der Waals surface area contributed by atoms with E-state index in [1.54, 1.807) is 6.20 Å². The molecular formula is C17H22N6. The van der Waals surface area contributed by atoms with E-state index in [0.717, 1.165) is 31.9 Å². The zero-order valence-corrected chi connectivity index (χ0v) is 13.6. The molecule has 0 fully saturated rings. The van der Waals surface area contributed by atoms with Crippen LogP contribution in [0.2, 0.25) is 0 Å². The minimum atomic E-state index is 0.673. The van der Waals surface area contributed by atoms with Crippen molar-refractivity contribution >= 4 is 22.7 Å².